The number of hydrogen-bond donors (Lipinski definition) is 0. The van der Waals surface area contributed by atoms with Crippen LogP contribution in [-0.4, -0.2) is 29.8 Å². The van der Waals surface area contributed by atoms with Crippen LogP contribution in [0.15, 0.2) is 59.7 Å². The van der Waals surface area contributed by atoms with Crippen molar-refractivity contribution in [3.05, 3.63) is 81.9 Å². The molecule has 132 valence electrons. The highest BCUT2D eigenvalue weighted by atomic mass is 16.1. The molecule has 0 N–H and O–H groups in total. The molecule has 4 rings (SSSR count). The number of nitrogens with zero attached hydrogens (tertiary/aromatic N) is 1. The van der Waals surface area contributed by atoms with Gasteiger partial charge in [-0.2, -0.15) is 0 Å². The summed E-state index contributed by atoms with van der Waals surface area (Å²) in [4.78, 5) is 15.7. The van der Waals surface area contributed by atoms with Crippen LogP contribution in [-0.2, 0) is 4.79 Å². The van der Waals surface area contributed by atoms with E-state index in [9.17, 15) is 4.79 Å². The van der Waals surface area contributed by atoms with Gasteiger partial charge in [-0.25, -0.2) is 0 Å². The molecule has 2 aromatic carbocycles. The number of hydrogen-bond acceptors (Lipinski definition) is 2. The maximum atomic E-state index is 13.3. The second kappa shape index (κ2) is 6.69. The molecule has 2 aromatic rings. The summed E-state index contributed by atoms with van der Waals surface area (Å²) < 4.78 is 0. The van der Waals surface area contributed by atoms with Gasteiger partial charge >= 0.3 is 0 Å². The van der Waals surface area contributed by atoms with Crippen molar-refractivity contribution >= 4 is 17.9 Å². The maximum absolute atomic E-state index is 13.3. The maximum Gasteiger partial charge on any atom is 0.188 e. The SMILES string of the molecule is Cc1ccc(/C=C2/C(=O)/C(=C/c3ccc(C)cc3)[C@@H]3CC[C@H]2N3C)cc1. The van der Waals surface area contributed by atoms with Crippen molar-refractivity contribution in [2.45, 2.75) is 38.8 Å². The van der Waals surface area contributed by atoms with E-state index in [2.05, 4.69) is 86.5 Å². The van der Waals surface area contributed by atoms with E-state index in [0.717, 1.165) is 35.1 Å². The molecule has 26 heavy (non-hydrogen) atoms. The molecule has 2 heteroatoms. The Labute approximate surface area is 155 Å². The molecule has 2 bridgehead atoms. The van der Waals surface area contributed by atoms with E-state index in [4.69, 9.17) is 0 Å². The second-order valence-corrected chi connectivity index (χ2v) is 7.62. The highest BCUT2D eigenvalue weighted by molar-refractivity contribution is 6.16. The van der Waals surface area contributed by atoms with Crippen LogP contribution in [0, 0.1) is 13.8 Å². The summed E-state index contributed by atoms with van der Waals surface area (Å²) in [6.45, 7) is 4.17. The highest BCUT2D eigenvalue weighted by Gasteiger charge is 2.44. The number of rotatable bonds is 2. The van der Waals surface area contributed by atoms with Gasteiger partial charge in [0, 0.05) is 23.2 Å². The first kappa shape index (κ1) is 17.0. The van der Waals surface area contributed by atoms with Gasteiger partial charge in [0.15, 0.2) is 5.78 Å². The van der Waals surface area contributed by atoms with E-state index in [0.29, 0.717) is 0 Å². The van der Waals surface area contributed by atoms with Gasteiger partial charge in [-0.3, -0.25) is 9.69 Å². The summed E-state index contributed by atoms with van der Waals surface area (Å²) in [6, 6.07) is 17.3. The number of benzene rings is 2. The lowest BCUT2D eigenvalue weighted by molar-refractivity contribution is -0.114. The van der Waals surface area contributed by atoms with Crippen LogP contribution >= 0.6 is 0 Å². The van der Waals surface area contributed by atoms with Crippen molar-refractivity contribution in [1.82, 2.24) is 4.90 Å². The predicted molar refractivity (Wildman–Crippen MR) is 108 cm³/mol. The molecule has 0 saturated carbocycles. The lowest BCUT2D eigenvalue weighted by Crippen LogP contribution is -2.43. The third-order valence-electron chi connectivity index (χ3n) is 5.74. The van der Waals surface area contributed by atoms with Crippen LogP contribution < -0.4 is 0 Å². The van der Waals surface area contributed by atoms with Crippen molar-refractivity contribution in [3.8, 4) is 0 Å². The number of aryl methyl sites for hydroxylation is 2. The zero-order chi connectivity index (χ0) is 18.3. The second-order valence-electron chi connectivity index (χ2n) is 7.62. The molecule has 2 saturated heterocycles. The van der Waals surface area contributed by atoms with Gasteiger partial charge in [-0.15, -0.1) is 0 Å². The van der Waals surface area contributed by atoms with Crippen molar-refractivity contribution in [3.63, 3.8) is 0 Å². The molecule has 0 amide bonds. The van der Waals surface area contributed by atoms with E-state index in [1.54, 1.807) is 0 Å². The van der Waals surface area contributed by atoms with Gasteiger partial charge in [-0.1, -0.05) is 59.7 Å². The van der Waals surface area contributed by atoms with Crippen molar-refractivity contribution in [1.29, 1.82) is 0 Å². The van der Waals surface area contributed by atoms with E-state index in [1.165, 1.54) is 11.1 Å². The Morgan fingerprint density at radius 3 is 1.54 bits per heavy atom. The van der Waals surface area contributed by atoms with Crippen LogP contribution in [0.4, 0.5) is 0 Å². The molecule has 2 atom stereocenters. The number of piperidine rings is 1. The topological polar surface area (TPSA) is 20.3 Å². The van der Waals surface area contributed by atoms with E-state index in [-0.39, 0.29) is 17.9 Å². The Bertz CT molecular complexity index is 813. The fraction of sp³-hybridized carbons (Fsp3) is 0.292. The number of carbonyl (C=O) groups excluding carboxylic acids is 1. The Morgan fingerprint density at radius 1 is 0.769 bits per heavy atom. The largest absolute Gasteiger partial charge is 0.292 e. The molecule has 0 unspecified atom stereocenters. The summed E-state index contributed by atoms with van der Waals surface area (Å²) in [5.41, 5.74) is 6.55. The minimum absolute atomic E-state index is 0.219. The lowest BCUT2D eigenvalue weighted by Gasteiger charge is -2.34. The molecule has 0 aliphatic carbocycles. The Morgan fingerprint density at radius 2 is 1.15 bits per heavy atom. The van der Waals surface area contributed by atoms with Crippen molar-refractivity contribution in [2.24, 2.45) is 0 Å². The Kier molecular flexibility index (Phi) is 4.37. The van der Waals surface area contributed by atoms with Crippen LogP contribution in [0.5, 0.6) is 0 Å². The molecule has 2 fully saturated rings. The number of ketones is 1. The van der Waals surface area contributed by atoms with Gasteiger partial charge in [0.2, 0.25) is 0 Å². The van der Waals surface area contributed by atoms with Crippen molar-refractivity contribution < 1.29 is 4.79 Å². The quantitative estimate of drug-likeness (QED) is 0.729. The summed E-state index contributed by atoms with van der Waals surface area (Å²) in [7, 11) is 2.15. The Balaban J connectivity index is 1.75. The first-order valence-corrected chi connectivity index (χ1v) is 9.36. The zero-order valence-corrected chi connectivity index (χ0v) is 15.7. The standard InChI is InChI=1S/C24H25NO/c1-16-4-8-18(9-5-16)14-20-22-12-13-23(25(22)3)21(24(20)26)15-19-10-6-17(2)7-11-19/h4-11,14-15,22-23H,12-13H2,1-3H3/b20-14+,21-15+/t22-,23+. The van der Waals surface area contributed by atoms with E-state index < -0.39 is 0 Å². The number of carbonyl (C=O) groups is 1. The molecule has 0 spiro atoms. The molecule has 0 aromatic heterocycles. The van der Waals surface area contributed by atoms with Gasteiger partial charge < -0.3 is 0 Å². The monoisotopic (exact) mass is 343 g/mol. The first-order chi connectivity index (χ1) is 12.5. The minimum Gasteiger partial charge on any atom is -0.292 e. The molecule has 0 radical (unpaired) electrons. The zero-order valence-electron chi connectivity index (χ0n) is 15.7. The van der Waals surface area contributed by atoms with Crippen LogP contribution in [0.25, 0.3) is 12.2 Å². The number of Topliss-reactive ketones (excluding diaryl/α,β-unsaturated/α-hetero) is 1. The average Bonchev–Trinajstić information content (AvgIpc) is 2.94. The normalized spacial score (nSPS) is 26.0. The van der Waals surface area contributed by atoms with E-state index >= 15 is 0 Å². The first-order valence-electron chi connectivity index (χ1n) is 9.36. The fourth-order valence-electron chi connectivity index (χ4n) is 4.17. The van der Waals surface area contributed by atoms with Crippen LogP contribution in [0.1, 0.15) is 35.1 Å². The summed E-state index contributed by atoms with van der Waals surface area (Å²) in [6.07, 6.45) is 6.28. The third-order valence-corrected chi connectivity index (χ3v) is 5.74. The molecule has 2 heterocycles. The molecular weight excluding hydrogens is 318 g/mol. The number of likely N-dealkylation sites (N-methyl/N-ethyl adjacent to an activating group) is 1. The van der Waals surface area contributed by atoms with Gasteiger partial charge in [0.1, 0.15) is 0 Å². The smallest absolute Gasteiger partial charge is 0.188 e. The predicted octanol–water partition coefficient (Wildman–Crippen LogP) is 4.82. The van der Waals surface area contributed by atoms with Crippen molar-refractivity contribution in [2.75, 3.05) is 7.05 Å². The van der Waals surface area contributed by atoms with Gasteiger partial charge in [-0.05, 0) is 57.0 Å². The van der Waals surface area contributed by atoms with Gasteiger partial charge in [0.05, 0.1) is 0 Å². The molecule has 2 nitrogen and oxygen atoms in total. The molecule has 2 aliphatic heterocycles. The minimum atomic E-state index is 0.219. The molecular formula is C24H25NO. The summed E-state index contributed by atoms with van der Waals surface area (Å²) >= 11 is 0. The van der Waals surface area contributed by atoms with Crippen LogP contribution in [0.2, 0.25) is 0 Å². The lowest BCUT2D eigenvalue weighted by atomic mass is 9.88. The van der Waals surface area contributed by atoms with E-state index in [1.807, 2.05) is 0 Å². The van der Waals surface area contributed by atoms with Crippen LogP contribution in [0.3, 0.4) is 0 Å². The van der Waals surface area contributed by atoms with Gasteiger partial charge in [0.25, 0.3) is 0 Å². The summed E-state index contributed by atoms with van der Waals surface area (Å²) in [5, 5.41) is 0. The Hall–Kier alpha value is -2.45. The highest BCUT2D eigenvalue weighted by Crippen LogP contribution is 2.40. The summed E-state index contributed by atoms with van der Waals surface area (Å²) in [5.74, 6) is 0.219. The number of fused-ring (bicyclic) bond motifs is 2. The third kappa shape index (κ3) is 3.06. The fourth-order valence-corrected chi connectivity index (χ4v) is 4.17. The molecule has 2 aliphatic rings. The average molecular weight is 343 g/mol.